The summed E-state index contributed by atoms with van der Waals surface area (Å²) >= 11 is 0. The number of fused-ring (bicyclic) bond motifs is 12. The van der Waals surface area contributed by atoms with E-state index in [4.69, 9.17) is 0 Å². The van der Waals surface area contributed by atoms with Crippen LogP contribution in [0.5, 0.6) is 0 Å². The molecule has 0 aliphatic heterocycles. The summed E-state index contributed by atoms with van der Waals surface area (Å²) in [6, 6.07) is 63.5. The average molecular weight is 1120 g/mol. The number of alkyl halides is 3. The van der Waals surface area contributed by atoms with E-state index in [1.54, 1.807) is 73.8 Å². The molecule has 0 bridgehead atoms. The summed E-state index contributed by atoms with van der Waals surface area (Å²) in [4.78, 5) is 37.1. The van der Waals surface area contributed by atoms with Crippen LogP contribution >= 0.6 is 0 Å². The Bertz CT molecular complexity index is 4940. The predicted molar refractivity (Wildman–Crippen MR) is 333 cm³/mol. The highest BCUT2D eigenvalue weighted by Gasteiger charge is 2.43. The van der Waals surface area contributed by atoms with E-state index in [1.165, 1.54) is 0 Å². The smallest absolute Gasteiger partial charge is 0.307 e. The van der Waals surface area contributed by atoms with Crippen LogP contribution < -0.4 is 0 Å². The molecule has 17 rings (SSSR count). The summed E-state index contributed by atoms with van der Waals surface area (Å²) in [5, 5.41) is 6.19. The highest BCUT2D eigenvalue weighted by molar-refractivity contribution is 6.16. The Labute approximate surface area is 486 Å². The highest BCUT2D eigenvalue weighted by atomic mass is 19.4. The van der Waals surface area contributed by atoms with Crippen molar-refractivity contribution >= 4 is 87.2 Å². The lowest BCUT2D eigenvalue weighted by atomic mass is 10.0. The molecule has 86 heavy (non-hydrogen) atoms. The number of hydrogen-bond donors (Lipinski definition) is 0. The molecule has 0 saturated heterocycles. The SMILES string of the molecule is FC(F)(F)c1c(-n2c3ccccc3c3ccccc32)c(-n2c3ccc(-c4ncccn4)cc3c3cc(-c4ncccn4)ccc32)cc(-n2c3ccc(-c4ncccn4)cc3c3cc(-c4ncccn4)ccc32)c1-n1c2ccccc2c2ccccc21. The second-order valence-corrected chi connectivity index (χ2v) is 21.1. The van der Waals surface area contributed by atoms with Gasteiger partial charge in [-0.2, -0.15) is 13.2 Å². The fourth-order valence-electron chi connectivity index (χ4n) is 12.9. The van der Waals surface area contributed by atoms with Crippen LogP contribution in [0, 0.1) is 0 Å². The van der Waals surface area contributed by atoms with Gasteiger partial charge in [-0.15, -0.1) is 0 Å². The van der Waals surface area contributed by atoms with Crippen molar-refractivity contribution in [3.8, 4) is 68.3 Å². The van der Waals surface area contributed by atoms with Crippen LogP contribution in [0.3, 0.4) is 0 Å². The lowest BCUT2D eigenvalue weighted by Gasteiger charge is -2.28. The van der Waals surface area contributed by atoms with E-state index in [9.17, 15) is 0 Å². The minimum Gasteiger partial charge on any atom is -0.307 e. The van der Waals surface area contributed by atoms with Crippen molar-refractivity contribution in [1.82, 2.24) is 58.1 Å². The maximum Gasteiger partial charge on any atom is 0.420 e. The molecule has 9 aromatic carbocycles. The van der Waals surface area contributed by atoms with Gasteiger partial charge in [-0.1, -0.05) is 72.8 Å². The molecule has 406 valence electrons. The summed E-state index contributed by atoms with van der Waals surface area (Å²) in [6.45, 7) is 0. The number of halogens is 3. The molecule has 0 saturated carbocycles. The third-order valence-corrected chi connectivity index (χ3v) is 16.4. The second-order valence-electron chi connectivity index (χ2n) is 21.1. The molecular weight excluding hydrogens is 1080 g/mol. The molecule has 8 aromatic heterocycles. The summed E-state index contributed by atoms with van der Waals surface area (Å²) < 4.78 is 63.0. The first-order chi connectivity index (χ1) is 42.3. The van der Waals surface area contributed by atoms with Crippen LogP contribution in [0.25, 0.3) is 156 Å². The van der Waals surface area contributed by atoms with E-state index in [2.05, 4.69) is 39.9 Å². The number of aromatic nitrogens is 12. The molecule has 0 radical (unpaired) electrons. The van der Waals surface area contributed by atoms with Crippen molar-refractivity contribution < 1.29 is 13.2 Å². The van der Waals surface area contributed by atoms with Gasteiger partial charge >= 0.3 is 6.18 Å². The fourth-order valence-corrected chi connectivity index (χ4v) is 12.9. The molecule has 0 aliphatic carbocycles. The van der Waals surface area contributed by atoms with Crippen LogP contribution in [-0.4, -0.2) is 58.1 Å². The minimum absolute atomic E-state index is 0.0759. The Kier molecular flexibility index (Phi) is 10.8. The Morgan fingerprint density at radius 3 is 0.744 bits per heavy atom. The first kappa shape index (κ1) is 48.9. The molecule has 8 heterocycles. The van der Waals surface area contributed by atoms with E-state index >= 15 is 13.2 Å². The second kappa shape index (κ2) is 18.9. The molecule has 12 nitrogen and oxygen atoms in total. The Hall–Kier alpha value is -11.7. The zero-order valence-electron chi connectivity index (χ0n) is 45.2. The van der Waals surface area contributed by atoms with Gasteiger partial charge in [0.2, 0.25) is 0 Å². The summed E-state index contributed by atoms with van der Waals surface area (Å²) in [5.41, 5.74) is 7.34. The van der Waals surface area contributed by atoms with Crippen molar-refractivity contribution in [2.45, 2.75) is 6.18 Å². The van der Waals surface area contributed by atoms with Gasteiger partial charge in [-0.05, 0) is 127 Å². The van der Waals surface area contributed by atoms with E-state index < -0.39 is 11.7 Å². The topological polar surface area (TPSA) is 123 Å². The molecular formula is C71H41F3N12. The highest BCUT2D eigenvalue weighted by Crippen LogP contribution is 2.52. The fraction of sp³-hybridized carbons (Fsp3) is 0.0141. The molecule has 0 spiro atoms. The van der Waals surface area contributed by atoms with Crippen molar-refractivity contribution in [3.63, 3.8) is 0 Å². The molecule has 0 amide bonds. The van der Waals surface area contributed by atoms with Crippen LogP contribution in [-0.2, 0) is 6.18 Å². The van der Waals surface area contributed by atoms with Gasteiger partial charge < -0.3 is 18.3 Å². The number of nitrogens with zero attached hydrogens (tertiary/aromatic N) is 12. The van der Waals surface area contributed by atoms with Crippen molar-refractivity contribution in [3.05, 3.63) is 255 Å². The average Bonchev–Trinajstić information content (AvgIpc) is 2.05. The van der Waals surface area contributed by atoms with Gasteiger partial charge in [0, 0.05) is 115 Å². The van der Waals surface area contributed by atoms with Gasteiger partial charge in [-0.25, -0.2) is 39.9 Å². The van der Waals surface area contributed by atoms with Crippen LogP contribution in [0.4, 0.5) is 13.2 Å². The summed E-state index contributed by atoms with van der Waals surface area (Å²) in [7, 11) is 0. The largest absolute Gasteiger partial charge is 0.420 e. The van der Waals surface area contributed by atoms with E-state index in [-0.39, 0.29) is 22.7 Å². The molecule has 0 N–H and O–H groups in total. The third kappa shape index (κ3) is 7.44. The number of rotatable bonds is 8. The first-order valence-corrected chi connectivity index (χ1v) is 27.9. The van der Waals surface area contributed by atoms with Gasteiger partial charge in [-0.3, -0.25) is 0 Å². The van der Waals surface area contributed by atoms with E-state index in [0.717, 1.165) is 65.3 Å². The Morgan fingerprint density at radius 2 is 0.488 bits per heavy atom. The van der Waals surface area contributed by atoms with E-state index in [1.807, 2.05) is 194 Å². The quantitative estimate of drug-likeness (QED) is 0.147. The lowest BCUT2D eigenvalue weighted by Crippen LogP contribution is -2.20. The molecule has 0 fully saturated rings. The Balaban J connectivity index is 1.12. The lowest BCUT2D eigenvalue weighted by molar-refractivity contribution is -0.137. The first-order valence-electron chi connectivity index (χ1n) is 27.9. The van der Waals surface area contributed by atoms with Crippen LogP contribution in [0.2, 0.25) is 0 Å². The monoisotopic (exact) mass is 1120 g/mol. The van der Waals surface area contributed by atoms with Crippen LogP contribution in [0.15, 0.2) is 250 Å². The summed E-state index contributed by atoms with van der Waals surface area (Å²) in [6.07, 6.45) is 8.49. The normalized spacial score (nSPS) is 12.1. The molecule has 17 aromatic rings. The van der Waals surface area contributed by atoms with Gasteiger partial charge in [0.15, 0.2) is 23.3 Å². The van der Waals surface area contributed by atoms with Gasteiger partial charge in [0.05, 0.1) is 66.9 Å². The van der Waals surface area contributed by atoms with Crippen LogP contribution in [0.1, 0.15) is 5.56 Å². The van der Waals surface area contributed by atoms with Crippen molar-refractivity contribution in [2.24, 2.45) is 0 Å². The van der Waals surface area contributed by atoms with Crippen molar-refractivity contribution in [1.29, 1.82) is 0 Å². The summed E-state index contributed by atoms with van der Waals surface area (Å²) in [5.74, 6) is 1.99. The maximum atomic E-state index is 18.5. The standard InChI is InChI=1S/C71H41F3N12/c72-71(73,74)64-65(85-54-17-5-1-13-46(54)47-14-2-6-18-55(47)85)62(83-58-25-21-42(67-75-29-9-30-76-67)37-50(58)51-38-43(22-26-59(51)83)68-77-31-10-32-78-68)41-63(66(64)86-56-19-7-3-15-48(56)49-16-4-8-20-57(49)86)84-60-27-23-44(69-79-33-11-34-80-69)39-52(60)53-40-45(24-28-61(53)84)70-81-35-12-36-82-70/h1-41H. The van der Waals surface area contributed by atoms with Gasteiger partial charge in [0.1, 0.15) is 5.56 Å². The van der Waals surface area contributed by atoms with Gasteiger partial charge in [0.25, 0.3) is 0 Å². The molecule has 0 atom stereocenters. The number of para-hydroxylation sites is 4. The third-order valence-electron chi connectivity index (χ3n) is 16.4. The molecule has 15 heteroatoms. The molecule has 0 aliphatic rings. The minimum atomic E-state index is -5.06. The van der Waals surface area contributed by atoms with Crippen molar-refractivity contribution in [2.75, 3.05) is 0 Å². The zero-order valence-corrected chi connectivity index (χ0v) is 45.2. The molecule has 0 unspecified atom stereocenters. The maximum absolute atomic E-state index is 18.5. The Morgan fingerprint density at radius 1 is 0.244 bits per heavy atom. The van der Waals surface area contributed by atoms with E-state index in [0.29, 0.717) is 67.4 Å². The number of benzene rings is 9. The number of hydrogen-bond acceptors (Lipinski definition) is 8. The zero-order chi connectivity index (χ0) is 57.2. The predicted octanol–water partition coefficient (Wildman–Crippen LogP) is 16.9.